The van der Waals surface area contributed by atoms with Gasteiger partial charge in [-0.25, -0.2) is 0 Å². The lowest BCUT2D eigenvalue weighted by atomic mass is 9.93. The van der Waals surface area contributed by atoms with Crippen LogP contribution in [0, 0.1) is 23.2 Å². The van der Waals surface area contributed by atoms with Gasteiger partial charge in [-0.2, -0.15) is 5.26 Å². The van der Waals surface area contributed by atoms with E-state index >= 15 is 0 Å². The number of hydrogen-bond donors (Lipinski definition) is 1. The number of hydrogen-bond acceptors (Lipinski definition) is 3. The van der Waals surface area contributed by atoms with Crippen LogP contribution < -0.4 is 5.73 Å². The van der Waals surface area contributed by atoms with Gasteiger partial charge in [0.2, 0.25) is 5.91 Å². The van der Waals surface area contributed by atoms with Crippen LogP contribution in [-0.4, -0.2) is 23.9 Å². The van der Waals surface area contributed by atoms with Crippen molar-refractivity contribution in [3.8, 4) is 6.07 Å². The van der Waals surface area contributed by atoms with Gasteiger partial charge in [-0.15, -0.1) is 0 Å². The molecule has 0 aliphatic carbocycles. The summed E-state index contributed by atoms with van der Waals surface area (Å²) < 4.78 is 0. The van der Waals surface area contributed by atoms with Gasteiger partial charge >= 0.3 is 0 Å². The second kappa shape index (κ2) is 9.15. The molecule has 0 spiro atoms. The van der Waals surface area contributed by atoms with E-state index < -0.39 is 0 Å². The quantitative estimate of drug-likeness (QED) is 0.747. The van der Waals surface area contributed by atoms with Crippen molar-refractivity contribution in [3.63, 3.8) is 0 Å². The average molecular weight is 287 g/mol. The van der Waals surface area contributed by atoms with Gasteiger partial charge in [0.05, 0.1) is 6.07 Å². The first kappa shape index (κ1) is 17.2. The van der Waals surface area contributed by atoms with E-state index in [0.717, 1.165) is 12.0 Å². The summed E-state index contributed by atoms with van der Waals surface area (Å²) in [6.07, 6.45) is 1.36. The van der Waals surface area contributed by atoms with E-state index in [1.807, 2.05) is 30.3 Å². The summed E-state index contributed by atoms with van der Waals surface area (Å²) in [5.41, 5.74) is 6.80. The van der Waals surface area contributed by atoms with E-state index in [9.17, 15) is 4.79 Å². The average Bonchev–Trinajstić information content (AvgIpc) is 2.46. The predicted molar refractivity (Wildman–Crippen MR) is 84.1 cm³/mol. The zero-order chi connectivity index (χ0) is 15.7. The van der Waals surface area contributed by atoms with Gasteiger partial charge in [-0.05, 0) is 30.4 Å². The molecule has 0 saturated heterocycles. The number of nitrogens with two attached hydrogens (primary N) is 1. The number of nitrogens with zero attached hydrogens (tertiary/aromatic N) is 2. The first-order chi connectivity index (χ1) is 10.1. The molecule has 0 aromatic heterocycles. The van der Waals surface area contributed by atoms with E-state index in [4.69, 9.17) is 11.0 Å². The number of benzene rings is 1. The Labute approximate surface area is 127 Å². The van der Waals surface area contributed by atoms with Crippen LogP contribution in [0.3, 0.4) is 0 Å². The fourth-order valence-corrected chi connectivity index (χ4v) is 2.43. The molecule has 1 unspecified atom stereocenters. The van der Waals surface area contributed by atoms with Gasteiger partial charge in [0.25, 0.3) is 0 Å². The smallest absolute Gasteiger partial charge is 0.224 e. The Hall–Kier alpha value is -1.86. The molecular weight excluding hydrogens is 262 g/mol. The molecule has 0 heterocycles. The fraction of sp³-hybridized carbons (Fsp3) is 0.529. The Balaban J connectivity index is 2.66. The molecule has 21 heavy (non-hydrogen) atoms. The molecule has 2 N–H and O–H groups in total. The van der Waals surface area contributed by atoms with Crippen LogP contribution in [0.1, 0.15) is 32.3 Å². The van der Waals surface area contributed by atoms with Crippen LogP contribution in [0.15, 0.2) is 30.3 Å². The van der Waals surface area contributed by atoms with Crippen LogP contribution in [0.5, 0.6) is 0 Å². The minimum absolute atomic E-state index is 0.0107. The molecule has 4 heteroatoms. The lowest BCUT2D eigenvalue weighted by molar-refractivity contribution is -0.132. The maximum absolute atomic E-state index is 12.4. The summed E-state index contributed by atoms with van der Waals surface area (Å²) in [5.74, 6) is 0.718. The second-order valence-corrected chi connectivity index (χ2v) is 5.83. The van der Waals surface area contributed by atoms with Gasteiger partial charge in [-0.3, -0.25) is 4.79 Å². The Morgan fingerprint density at radius 3 is 2.52 bits per heavy atom. The Bertz CT molecular complexity index is 465. The maximum atomic E-state index is 12.4. The maximum Gasteiger partial charge on any atom is 0.224 e. The highest BCUT2D eigenvalue weighted by molar-refractivity contribution is 5.76. The summed E-state index contributed by atoms with van der Waals surface area (Å²) in [6.45, 7) is 5.36. The first-order valence-electron chi connectivity index (χ1n) is 7.45. The molecule has 0 bridgehead atoms. The van der Waals surface area contributed by atoms with Crippen molar-refractivity contribution >= 4 is 5.91 Å². The zero-order valence-corrected chi connectivity index (χ0v) is 13.0. The van der Waals surface area contributed by atoms with Gasteiger partial charge in [0, 0.05) is 13.0 Å². The Kier molecular flexibility index (Phi) is 7.49. The van der Waals surface area contributed by atoms with Crippen molar-refractivity contribution in [2.24, 2.45) is 17.6 Å². The van der Waals surface area contributed by atoms with E-state index in [-0.39, 0.29) is 18.4 Å². The summed E-state index contributed by atoms with van der Waals surface area (Å²) in [4.78, 5) is 14.0. The highest BCUT2D eigenvalue weighted by atomic mass is 16.2. The number of nitriles is 1. The third kappa shape index (κ3) is 6.42. The van der Waals surface area contributed by atoms with Gasteiger partial charge in [-0.1, -0.05) is 44.2 Å². The van der Waals surface area contributed by atoms with E-state index in [0.29, 0.717) is 25.4 Å². The summed E-state index contributed by atoms with van der Waals surface area (Å²) in [7, 11) is 0. The molecule has 1 rings (SSSR count). The van der Waals surface area contributed by atoms with E-state index in [1.54, 1.807) is 4.90 Å². The van der Waals surface area contributed by atoms with E-state index in [2.05, 4.69) is 19.9 Å². The molecule has 0 saturated carbocycles. The highest BCUT2D eigenvalue weighted by Gasteiger charge is 2.19. The van der Waals surface area contributed by atoms with Crippen molar-refractivity contribution < 1.29 is 4.79 Å². The summed E-state index contributed by atoms with van der Waals surface area (Å²) in [5, 5.41) is 8.93. The molecule has 1 aromatic carbocycles. The first-order valence-corrected chi connectivity index (χ1v) is 7.45. The largest absolute Gasteiger partial charge is 0.330 e. The third-order valence-corrected chi connectivity index (χ3v) is 3.43. The molecule has 4 nitrogen and oxygen atoms in total. The number of carbonyl (C=O) groups is 1. The summed E-state index contributed by atoms with van der Waals surface area (Å²) >= 11 is 0. The molecule has 1 amide bonds. The summed E-state index contributed by atoms with van der Waals surface area (Å²) in [6, 6.07) is 11.8. The van der Waals surface area contributed by atoms with Crippen molar-refractivity contribution in [1.82, 2.24) is 4.90 Å². The SMILES string of the molecule is CC(C)CC(CN)CC(=O)N(CC#N)Cc1ccccc1. The van der Waals surface area contributed by atoms with Crippen molar-refractivity contribution in [1.29, 1.82) is 5.26 Å². The number of carbonyl (C=O) groups excluding carboxylic acids is 1. The van der Waals surface area contributed by atoms with Crippen LogP contribution in [0.4, 0.5) is 0 Å². The third-order valence-electron chi connectivity index (χ3n) is 3.43. The van der Waals surface area contributed by atoms with E-state index in [1.165, 1.54) is 0 Å². The molecule has 114 valence electrons. The van der Waals surface area contributed by atoms with Gasteiger partial charge < -0.3 is 10.6 Å². The zero-order valence-electron chi connectivity index (χ0n) is 13.0. The van der Waals surface area contributed by atoms with Crippen LogP contribution in [-0.2, 0) is 11.3 Å². The molecule has 0 radical (unpaired) electrons. The van der Waals surface area contributed by atoms with Crippen molar-refractivity contribution in [2.45, 2.75) is 33.2 Å². The standard InChI is InChI=1S/C17H25N3O/c1-14(2)10-16(12-19)11-17(21)20(9-8-18)13-15-6-4-3-5-7-15/h3-7,14,16H,9-13,19H2,1-2H3. The molecule has 1 atom stereocenters. The van der Waals surface area contributed by atoms with Gasteiger partial charge in [0.1, 0.15) is 6.54 Å². The minimum atomic E-state index is 0.0107. The number of rotatable bonds is 8. The molecule has 0 fully saturated rings. The number of amides is 1. The lowest BCUT2D eigenvalue weighted by Crippen LogP contribution is -2.34. The lowest BCUT2D eigenvalue weighted by Gasteiger charge is -2.23. The fourth-order valence-electron chi connectivity index (χ4n) is 2.43. The van der Waals surface area contributed by atoms with Gasteiger partial charge in [0.15, 0.2) is 0 Å². The Morgan fingerprint density at radius 1 is 1.33 bits per heavy atom. The van der Waals surface area contributed by atoms with Crippen molar-refractivity contribution in [3.05, 3.63) is 35.9 Å². The van der Waals surface area contributed by atoms with Crippen LogP contribution in [0.2, 0.25) is 0 Å². The normalized spacial score (nSPS) is 12.0. The predicted octanol–water partition coefficient (Wildman–Crippen LogP) is 2.55. The van der Waals surface area contributed by atoms with Crippen molar-refractivity contribution in [2.75, 3.05) is 13.1 Å². The highest BCUT2D eigenvalue weighted by Crippen LogP contribution is 2.16. The molecular formula is C17H25N3O. The second-order valence-electron chi connectivity index (χ2n) is 5.83. The molecule has 0 aliphatic rings. The topological polar surface area (TPSA) is 70.1 Å². The minimum Gasteiger partial charge on any atom is -0.330 e. The van der Waals surface area contributed by atoms with Crippen LogP contribution >= 0.6 is 0 Å². The monoisotopic (exact) mass is 287 g/mol. The molecule has 0 aliphatic heterocycles. The van der Waals surface area contributed by atoms with Crippen LogP contribution in [0.25, 0.3) is 0 Å². The molecule has 1 aromatic rings. The Morgan fingerprint density at radius 2 is 2.00 bits per heavy atom.